The average Bonchev–Trinajstić information content (AvgIpc) is 2.60. The van der Waals surface area contributed by atoms with Gasteiger partial charge in [0.15, 0.2) is 0 Å². The highest BCUT2D eigenvalue weighted by atomic mass is 16.5. The summed E-state index contributed by atoms with van der Waals surface area (Å²) in [6.45, 7) is 6.85. The highest BCUT2D eigenvalue weighted by molar-refractivity contribution is 5.45. The molecule has 0 aliphatic carbocycles. The van der Waals surface area contributed by atoms with Crippen LogP contribution in [-0.4, -0.2) is 55.2 Å². The quantitative estimate of drug-likeness (QED) is 0.908. The molecule has 1 aromatic heterocycles. The largest absolute Gasteiger partial charge is 0.497 e. The van der Waals surface area contributed by atoms with E-state index in [1.165, 1.54) is 5.56 Å². The van der Waals surface area contributed by atoms with Crippen molar-refractivity contribution in [3.63, 3.8) is 0 Å². The smallest absolute Gasteiger partial charge is 0.225 e. The van der Waals surface area contributed by atoms with E-state index < -0.39 is 0 Å². The number of piperazine rings is 1. The van der Waals surface area contributed by atoms with Crippen LogP contribution in [0.1, 0.15) is 11.3 Å². The molecule has 0 atom stereocenters. The van der Waals surface area contributed by atoms with Crippen molar-refractivity contribution in [1.29, 1.82) is 0 Å². The Labute approximate surface area is 143 Å². The predicted molar refractivity (Wildman–Crippen MR) is 96.8 cm³/mol. The maximum Gasteiger partial charge on any atom is 0.225 e. The molecule has 2 heterocycles. The predicted octanol–water partition coefficient (Wildman–Crippen LogP) is 2.16. The van der Waals surface area contributed by atoms with Gasteiger partial charge < -0.3 is 19.9 Å². The minimum Gasteiger partial charge on any atom is -0.497 e. The van der Waals surface area contributed by atoms with Gasteiger partial charge in [-0.05, 0) is 31.7 Å². The standard InChI is InChI=1S/C18H25N5O/c1-14-12-17(23-10-8-22(2)9-11-23)21-18(20-14)19-13-15-4-6-16(24-3)7-5-15/h4-7,12H,8-11,13H2,1-3H3,(H,19,20,21). The number of rotatable bonds is 5. The summed E-state index contributed by atoms with van der Waals surface area (Å²) in [5, 5.41) is 3.33. The van der Waals surface area contributed by atoms with E-state index in [1.54, 1.807) is 7.11 Å². The molecule has 1 fully saturated rings. The van der Waals surface area contributed by atoms with Crippen molar-refractivity contribution in [3.8, 4) is 5.75 Å². The summed E-state index contributed by atoms with van der Waals surface area (Å²) in [4.78, 5) is 13.9. The lowest BCUT2D eigenvalue weighted by atomic mass is 10.2. The van der Waals surface area contributed by atoms with Gasteiger partial charge in [0.25, 0.3) is 0 Å². The molecule has 1 aliphatic rings. The zero-order valence-corrected chi connectivity index (χ0v) is 14.6. The van der Waals surface area contributed by atoms with Crippen LogP contribution in [0.5, 0.6) is 5.75 Å². The Hall–Kier alpha value is -2.34. The summed E-state index contributed by atoms with van der Waals surface area (Å²) in [6.07, 6.45) is 0. The van der Waals surface area contributed by atoms with Crippen molar-refractivity contribution in [2.24, 2.45) is 0 Å². The Bertz CT molecular complexity index is 666. The van der Waals surface area contributed by atoms with Gasteiger partial charge >= 0.3 is 0 Å². The molecule has 2 aromatic rings. The minimum atomic E-state index is 0.680. The van der Waals surface area contributed by atoms with E-state index in [1.807, 2.05) is 31.2 Å². The molecule has 1 aliphatic heterocycles. The molecule has 0 saturated carbocycles. The lowest BCUT2D eigenvalue weighted by Crippen LogP contribution is -2.44. The lowest BCUT2D eigenvalue weighted by Gasteiger charge is -2.33. The van der Waals surface area contributed by atoms with E-state index in [9.17, 15) is 0 Å². The van der Waals surface area contributed by atoms with E-state index in [0.717, 1.165) is 43.4 Å². The van der Waals surface area contributed by atoms with Gasteiger partial charge in [-0.2, -0.15) is 4.98 Å². The van der Waals surface area contributed by atoms with Crippen molar-refractivity contribution in [2.45, 2.75) is 13.5 Å². The topological polar surface area (TPSA) is 53.5 Å². The van der Waals surface area contributed by atoms with Crippen molar-refractivity contribution in [2.75, 3.05) is 50.6 Å². The van der Waals surface area contributed by atoms with Gasteiger partial charge in [0.1, 0.15) is 11.6 Å². The van der Waals surface area contributed by atoms with Gasteiger partial charge in [0.05, 0.1) is 7.11 Å². The van der Waals surface area contributed by atoms with Crippen LogP contribution in [0, 0.1) is 6.92 Å². The zero-order chi connectivity index (χ0) is 16.9. The first-order valence-corrected chi connectivity index (χ1v) is 8.30. The summed E-state index contributed by atoms with van der Waals surface area (Å²) in [6, 6.07) is 10.1. The lowest BCUT2D eigenvalue weighted by molar-refractivity contribution is 0.312. The van der Waals surface area contributed by atoms with Crippen LogP contribution in [0.4, 0.5) is 11.8 Å². The zero-order valence-electron chi connectivity index (χ0n) is 14.6. The third kappa shape index (κ3) is 4.14. The van der Waals surface area contributed by atoms with E-state index in [4.69, 9.17) is 9.72 Å². The first kappa shape index (κ1) is 16.5. The number of methoxy groups -OCH3 is 1. The molecule has 0 bridgehead atoms. The molecule has 0 radical (unpaired) electrons. The number of hydrogen-bond donors (Lipinski definition) is 1. The van der Waals surface area contributed by atoms with Crippen LogP contribution in [0.3, 0.4) is 0 Å². The number of nitrogens with one attached hydrogen (secondary N) is 1. The van der Waals surface area contributed by atoms with E-state index >= 15 is 0 Å². The molecule has 1 N–H and O–H groups in total. The second kappa shape index (κ2) is 7.49. The number of aryl methyl sites for hydroxylation is 1. The molecule has 128 valence electrons. The molecule has 6 nitrogen and oxygen atoms in total. The summed E-state index contributed by atoms with van der Waals surface area (Å²) < 4.78 is 5.18. The normalized spacial score (nSPS) is 15.4. The summed E-state index contributed by atoms with van der Waals surface area (Å²) in [5.41, 5.74) is 2.15. The Kier molecular flexibility index (Phi) is 5.15. The number of ether oxygens (including phenoxy) is 1. The number of nitrogens with zero attached hydrogens (tertiary/aromatic N) is 4. The number of benzene rings is 1. The van der Waals surface area contributed by atoms with E-state index in [-0.39, 0.29) is 0 Å². The first-order valence-electron chi connectivity index (χ1n) is 8.30. The van der Waals surface area contributed by atoms with Crippen LogP contribution in [0.15, 0.2) is 30.3 Å². The van der Waals surface area contributed by atoms with Gasteiger partial charge in [-0.1, -0.05) is 12.1 Å². The van der Waals surface area contributed by atoms with Gasteiger partial charge in [0, 0.05) is 44.5 Å². The minimum absolute atomic E-state index is 0.680. The van der Waals surface area contributed by atoms with Gasteiger partial charge in [0.2, 0.25) is 5.95 Å². The van der Waals surface area contributed by atoms with E-state index in [2.05, 4.69) is 33.2 Å². The first-order chi connectivity index (χ1) is 11.6. The molecular weight excluding hydrogens is 302 g/mol. The van der Waals surface area contributed by atoms with Gasteiger partial charge in [-0.25, -0.2) is 4.98 Å². The molecule has 1 saturated heterocycles. The van der Waals surface area contributed by atoms with Crippen LogP contribution in [-0.2, 0) is 6.54 Å². The Morgan fingerprint density at radius 2 is 1.79 bits per heavy atom. The summed E-state index contributed by atoms with van der Waals surface area (Å²) in [5.74, 6) is 2.55. The molecule has 0 amide bonds. The fourth-order valence-corrected chi connectivity index (χ4v) is 2.75. The summed E-state index contributed by atoms with van der Waals surface area (Å²) in [7, 11) is 3.83. The van der Waals surface area contributed by atoms with Crippen LogP contribution in [0.25, 0.3) is 0 Å². The van der Waals surface area contributed by atoms with Crippen LogP contribution < -0.4 is 15.0 Å². The second-order valence-electron chi connectivity index (χ2n) is 6.18. The Morgan fingerprint density at radius 1 is 1.08 bits per heavy atom. The fourth-order valence-electron chi connectivity index (χ4n) is 2.75. The van der Waals surface area contributed by atoms with Gasteiger partial charge in [-0.15, -0.1) is 0 Å². The monoisotopic (exact) mass is 327 g/mol. The SMILES string of the molecule is COc1ccc(CNc2nc(C)cc(N3CCN(C)CC3)n2)cc1. The second-order valence-corrected chi connectivity index (χ2v) is 6.18. The molecule has 24 heavy (non-hydrogen) atoms. The summed E-state index contributed by atoms with van der Waals surface area (Å²) >= 11 is 0. The Morgan fingerprint density at radius 3 is 2.46 bits per heavy atom. The number of anilines is 2. The maximum absolute atomic E-state index is 5.18. The highest BCUT2D eigenvalue weighted by Crippen LogP contribution is 2.17. The maximum atomic E-state index is 5.18. The molecule has 1 aromatic carbocycles. The number of hydrogen-bond acceptors (Lipinski definition) is 6. The van der Waals surface area contributed by atoms with Crippen LogP contribution in [0.2, 0.25) is 0 Å². The Balaban J connectivity index is 1.66. The molecule has 3 rings (SSSR count). The van der Waals surface area contributed by atoms with Crippen LogP contribution >= 0.6 is 0 Å². The molecule has 0 unspecified atom stereocenters. The van der Waals surface area contributed by atoms with Gasteiger partial charge in [-0.3, -0.25) is 0 Å². The van der Waals surface area contributed by atoms with Crippen molar-refractivity contribution in [1.82, 2.24) is 14.9 Å². The number of likely N-dealkylation sites (N-methyl/N-ethyl adjacent to an activating group) is 1. The van der Waals surface area contributed by atoms with Crippen molar-refractivity contribution >= 4 is 11.8 Å². The highest BCUT2D eigenvalue weighted by Gasteiger charge is 2.16. The number of aromatic nitrogens is 2. The van der Waals surface area contributed by atoms with Crippen molar-refractivity contribution < 1.29 is 4.74 Å². The van der Waals surface area contributed by atoms with Crippen molar-refractivity contribution in [3.05, 3.63) is 41.6 Å². The molecule has 6 heteroatoms. The molecule has 0 spiro atoms. The third-order valence-electron chi connectivity index (χ3n) is 4.28. The average molecular weight is 327 g/mol. The fraction of sp³-hybridized carbons (Fsp3) is 0.444. The third-order valence-corrected chi connectivity index (χ3v) is 4.28. The van der Waals surface area contributed by atoms with E-state index in [0.29, 0.717) is 12.5 Å². The molecular formula is C18H25N5O.